The number of aromatic nitrogens is 2. The van der Waals surface area contributed by atoms with E-state index in [0.29, 0.717) is 28.6 Å². The fraction of sp³-hybridized carbons (Fsp3) is 0.0556. The number of hydrogen-bond acceptors (Lipinski definition) is 4. The van der Waals surface area contributed by atoms with Crippen LogP contribution in [0.4, 0.5) is 5.69 Å². The number of nitrogens with zero attached hydrogens (tertiary/aromatic N) is 3. The van der Waals surface area contributed by atoms with Crippen molar-refractivity contribution in [1.82, 2.24) is 9.55 Å². The van der Waals surface area contributed by atoms with E-state index in [0.717, 1.165) is 11.1 Å². The first-order valence-electron chi connectivity index (χ1n) is 7.55. The van der Waals surface area contributed by atoms with Gasteiger partial charge in [-0.1, -0.05) is 17.7 Å². The predicted molar refractivity (Wildman–Crippen MR) is 94.6 cm³/mol. The Kier molecular flexibility index (Phi) is 3.74. The molecule has 0 fully saturated rings. The van der Waals surface area contributed by atoms with E-state index in [2.05, 4.69) is 4.98 Å². The van der Waals surface area contributed by atoms with Crippen LogP contribution in [0.5, 0.6) is 0 Å². The van der Waals surface area contributed by atoms with Crippen molar-refractivity contribution in [3.05, 3.63) is 82.0 Å². The van der Waals surface area contributed by atoms with Crippen molar-refractivity contribution in [2.45, 2.75) is 6.54 Å². The van der Waals surface area contributed by atoms with Gasteiger partial charge in [-0.15, -0.1) is 0 Å². The molecule has 25 heavy (non-hydrogen) atoms. The van der Waals surface area contributed by atoms with E-state index >= 15 is 0 Å². The standard InChI is InChI=1S/C18H12ClN3O3/c19-13-6-4-12(5-7-13)17-10-20-18(25-17)11-21-9-8-14-15(21)2-1-3-16(14)22(23)24/h1-10H,11H2. The zero-order chi connectivity index (χ0) is 17.4. The maximum atomic E-state index is 11.1. The van der Waals surface area contributed by atoms with Gasteiger partial charge in [0.25, 0.3) is 5.69 Å². The molecule has 0 spiro atoms. The Hall–Kier alpha value is -3.12. The van der Waals surface area contributed by atoms with Crippen molar-refractivity contribution in [1.29, 1.82) is 0 Å². The van der Waals surface area contributed by atoms with E-state index < -0.39 is 0 Å². The van der Waals surface area contributed by atoms with Crippen LogP contribution in [-0.4, -0.2) is 14.5 Å². The van der Waals surface area contributed by atoms with Gasteiger partial charge in [0, 0.05) is 22.8 Å². The first-order chi connectivity index (χ1) is 12.1. The molecule has 2 aromatic carbocycles. The molecular formula is C18H12ClN3O3. The lowest BCUT2D eigenvalue weighted by atomic mass is 10.2. The van der Waals surface area contributed by atoms with E-state index in [9.17, 15) is 10.1 Å². The lowest BCUT2D eigenvalue weighted by Crippen LogP contribution is -1.98. The minimum atomic E-state index is -0.379. The van der Waals surface area contributed by atoms with E-state index in [-0.39, 0.29) is 10.6 Å². The molecule has 0 aliphatic heterocycles. The molecule has 0 aliphatic carbocycles. The van der Waals surface area contributed by atoms with Crippen LogP contribution in [-0.2, 0) is 6.54 Å². The van der Waals surface area contributed by atoms with Gasteiger partial charge >= 0.3 is 0 Å². The average Bonchev–Trinajstić information content (AvgIpc) is 3.23. The summed E-state index contributed by atoms with van der Waals surface area (Å²) in [6, 6.07) is 14.0. The number of benzene rings is 2. The third kappa shape index (κ3) is 2.88. The van der Waals surface area contributed by atoms with Crippen molar-refractivity contribution < 1.29 is 9.34 Å². The molecule has 0 aliphatic rings. The summed E-state index contributed by atoms with van der Waals surface area (Å²) < 4.78 is 7.68. The highest BCUT2D eigenvalue weighted by Gasteiger charge is 2.15. The van der Waals surface area contributed by atoms with Crippen molar-refractivity contribution in [2.24, 2.45) is 0 Å². The Morgan fingerprint density at radius 2 is 1.96 bits per heavy atom. The molecule has 2 heterocycles. The monoisotopic (exact) mass is 353 g/mol. The van der Waals surface area contributed by atoms with Crippen LogP contribution in [0, 0.1) is 10.1 Å². The molecule has 0 saturated carbocycles. The Morgan fingerprint density at radius 1 is 1.16 bits per heavy atom. The second-order valence-corrected chi connectivity index (χ2v) is 5.97. The predicted octanol–water partition coefficient (Wildman–Crippen LogP) is 4.91. The minimum absolute atomic E-state index is 0.0884. The van der Waals surface area contributed by atoms with Crippen LogP contribution >= 0.6 is 11.6 Å². The second-order valence-electron chi connectivity index (χ2n) is 5.54. The lowest BCUT2D eigenvalue weighted by molar-refractivity contribution is -0.383. The Bertz CT molecular complexity index is 1070. The van der Waals surface area contributed by atoms with Crippen molar-refractivity contribution >= 4 is 28.2 Å². The Balaban J connectivity index is 1.65. The molecule has 0 saturated heterocycles. The quantitative estimate of drug-likeness (QED) is 0.386. The highest BCUT2D eigenvalue weighted by molar-refractivity contribution is 6.30. The fourth-order valence-corrected chi connectivity index (χ4v) is 2.91. The first-order valence-corrected chi connectivity index (χ1v) is 7.92. The number of fused-ring (bicyclic) bond motifs is 1. The summed E-state index contributed by atoms with van der Waals surface area (Å²) >= 11 is 5.89. The molecule has 0 amide bonds. The van der Waals surface area contributed by atoms with Gasteiger partial charge in [0.2, 0.25) is 5.89 Å². The lowest BCUT2D eigenvalue weighted by Gasteiger charge is -2.02. The molecule has 0 N–H and O–H groups in total. The normalized spacial score (nSPS) is 11.1. The van der Waals surface area contributed by atoms with Crippen LogP contribution in [0.25, 0.3) is 22.2 Å². The van der Waals surface area contributed by atoms with Gasteiger partial charge in [-0.05, 0) is 36.4 Å². The summed E-state index contributed by atoms with van der Waals surface area (Å²) in [6.07, 6.45) is 3.45. The number of halogens is 1. The van der Waals surface area contributed by atoms with Crippen LogP contribution in [0.3, 0.4) is 0 Å². The molecule has 7 heteroatoms. The average molecular weight is 354 g/mol. The first kappa shape index (κ1) is 15.4. The van der Waals surface area contributed by atoms with E-state index in [4.69, 9.17) is 16.0 Å². The maximum absolute atomic E-state index is 11.1. The van der Waals surface area contributed by atoms with E-state index in [1.54, 1.807) is 36.7 Å². The Labute approximate surface area is 147 Å². The molecule has 0 bridgehead atoms. The number of non-ortho nitro benzene ring substituents is 1. The van der Waals surface area contributed by atoms with Crippen LogP contribution in [0.1, 0.15) is 5.89 Å². The summed E-state index contributed by atoms with van der Waals surface area (Å²) in [7, 11) is 0. The summed E-state index contributed by atoms with van der Waals surface area (Å²) in [6.45, 7) is 0.387. The third-order valence-electron chi connectivity index (χ3n) is 3.98. The van der Waals surface area contributed by atoms with Gasteiger partial charge in [0.15, 0.2) is 5.76 Å². The van der Waals surface area contributed by atoms with Crippen LogP contribution in [0.2, 0.25) is 5.02 Å². The summed E-state index contributed by atoms with van der Waals surface area (Å²) in [5.74, 6) is 1.17. The largest absolute Gasteiger partial charge is 0.439 e. The number of nitro benzene ring substituents is 1. The van der Waals surface area contributed by atoms with E-state index in [1.165, 1.54) is 6.07 Å². The molecule has 0 unspecified atom stereocenters. The van der Waals surface area contributed by atoms with E-state index in [1.807, 2.05) is 22.8 Å². The van der Waals surface area contributed by atoms with Gasteiger partial charge in [-0.2, -0.15) is 0 Å². The molecule has 2 aromatic heterocycles. The SMILES string of the molecule is O=[N+]([O-])c1cccc2c1ccn2Cc1ncc(-c2ccc(Cl)cc2)o1. The van der Waals surface area contributed by atoms with Crippen molar-refractivity contribution in [3.8, 4) is 11.3 Å². The Morgan fingerprint density at radius 3 is 2.72 bits per heavy atom. The zero-order valence-electron chi connectivity index (χ0n) is 12.9. The highest BCUT2D eigenvalue weighted by atomic mass is 35.5. The van der Waals surface area contributed by atoms with Crippen molar-refractivity contribution in [3.63, 3.8) is 0 Å². The summed E-state index contributed by atoms with van der Waals surface area (Å²) in [5, 5.41) is 12.4. The van der Waals surface area contributed by atoms with Gasteiger partial charge in [-0.3, -0.25) is 10.1 Å². The minimum Gasteiger partial charge on any atom is -0.439 e. The fourth-order valence-electron chi connectivity index (χ4n) is 2.78. The molecule has 4 rings (SSSR count). The molecule has 0 radical (unpaired) electrons. The maximum Gasteiger partial charge on any atom is 0.278 e. The van der Waals surface area contributed by atoms with Crippen LogP contribution < -0.4 is 0 Å². The molecule has 0 atom stereocenters. The zero-order valence-corrected chi connectivity index (χ0v) is 13.7. The molecule has 124 valence electrons. The molecule has 6 nitrogen and oxygen atoms in total. The van der Waals surface area contributed by atoms with Gasteiger partial charge < -0.3 is 8.98 Å². The number of nitro groups is 1. The van der Waals surface area contributed by atoms with Gasteiger partial charge in [-0.25, -0.2) is 4.98 Å². The highest BCUT2D eigenvalue weighted by Crippen LogP contribution is 2.27. The topological polar surface area (TPSA) is 74.1 Å². The van der Waals surface area contributed by atoms with Gasteiger partial charge in [0.05, 0.1) is 28.6 Å². The molecule has 4 aromatic rings. The van der Waals surface area contributed by atoms with Crippen LogP contribution in [0.15, 0.2) is 65.3 Å². The smallest absolute Gasteiger partial charge is 0.278 e. The van der Waals surface area contributed by atoms with Crippen molar-refractivity contribution in [2.75, 3.05) is 0 Å². The summed E-state index contributed by atoms with van der Waals surface area (Å²) in [5.41, 5.74) is 1.74. The number of rotatable bonds is 4. The summed E-state index contributed by atoms with van der Waals surface area (Å²) in [4.78, 5) is 15.0. The second kappa shape index (κ2) is 6.07. The number of oxazole rings is 1. The van der Waals surface area contributed by atoms with Gasteiger partial charge in [0.1, 0.15) is 0 Å². The molecular weight excluding hydrogens is 342 g/mol. The number of hydrogen-bond donors (Lipinski definition) is 0. The third-order valence-corrected chi connectivity index (χ3v) is 4.23.